The Morgan fingerprint density at radius 1 is 1.03 bits per heavy atom. The first kappa shape index (κ1) is 22.5. The van der Waals surface area contributed by atoms with Crippen molar-refractivity contribution in [3.05, 3.63) is 70.7 Å². The molecule has 1 aromatic heterocycles. The van der Waals surface area contributed by atoms with Crippen molar-refractivity contribution < 1.29 is 23.6 Å². The number of piperidine rings is 2. The number of hydrogen-bond donors (Lipinski definition) is 2. The molecule has 36 heavy (non-hydrogen) atoms. The molecule has 9 heteroatoms. The van der Waals surface area contributed by atoms with Gasteiger partial charge in [-0.3, -0.25) is 24.5 Å². The molecular formula is C27H25FN4O4. The molecule has 0 spiro atoms. The third-order valence-corrected chi connectivity index (χ3v) is 7.68. The first-order chi connectivity index (χ1) is 17.4. The Balaban J connectivity index is 1.17. The summed E-state index contributed by atoms with van der Waals surface area (Å²) in [6, 6.07) is 9.87. The third kappa shape index (κ3) is 3.66. The number of benzene rings is 2. The maximum absolute atomic E-state index is 15.2. The summed E-state index contributed by atoms with van der Waals surface area (Å²) in [6.45, 7) is 1.24. The molecule has 2 saturated heterocycles. The van der Waals surface area contributed by atoms with Gasteiger partial charge in [0, 0.05) is 43.2 Å². The molecule has 1 unspecified atom stereocenters. The molecule has 6 rings (SSSR count). The van der Waals surface area contributed by atoms with Crippen molar-refractivity contribution in [2.45, 2.75) is 44.2 Å². The molecule has 3 aliphatic rings. The van der Waals surface area contributed by atoms with Crippen molar-refractivity contribution in [3.8, 4) is 0 Å². The summed E-state index contributed by atoms with van der Waals surface area (Å²) >= 11 is 0. The van der Waals surface area contributed by atoms with Crippen molar-refractivity contribution in [3.63, 3.8) is 0 Å². The van der Waals surface area contributed by atoms with E-state index in [4.69, 9.17) is 0 Å². The Hall–Kier alpha value is -4.01. The summed E-state index contributed by atoms with van der Waals surface area (Å²) in [7, 11) is 0. The molecule has 0 bridgehead atoms. The van der Waals surface area contributed by atoms with E-state index in [0.29, 0.717) is 42.6 Å². The summed E-state index contributed by atoms with van der Waals surface area (Å²) in [6.07, 6.45) is 3.49. The van der Waals surface area contributed by atoms with E-state index in [1.807, 2.05) is 35.4 Å². The number of halogens is 1. The minimum Gasteiger partial charge on any atom is -0.361 e. The van der Waals surface area contributed by atoms with Gasteiger partial charge >= 0.3 is 0 Å². The predicted octanol–water partition coefficient (Wildman–Crippen LogP) is 3.09. The Bertz CT molecular complexity index is 1420. The van der Waals surface area contributed by atoms with Crippen LogP contribution in [0.3, 0.4) is 0 Å². The number of nitrogens with one attached hydrogen (secondary N) is 2. The van der Waals surface area contributed by atoms with Gasteiger partial charge < -0.3 is 14.8 Å². The fraction of sp³-hybridized carbons (Fsp3) is 0.333. The summed E-state index contributed by atoms with van der Waals surface area (Å²) in [5.74, 6) is -1.76. The molecule has 3 aromatic rings. The van der Waals surface area contributed by atoms with Crippen LogP contribution in [0, 0.1) is 5.82 Å². The molecule has 2 aromatic carbocycles. The zero-order valence-corrected chi connectivity index (χ0v) is 19.6. The van der Waals surface area contributed by atoms with E-state index in [-0.39, 0.29) is 48.6 Å². The standard InChI is InChI=1S/C27H25FN4O4/c28-21-13-20-17(14-32(27(20)36)22-4-5-23(33)30-25(22)34)12-19(21)15-7-10-31(11-8-15)26(35)18-3-1-2-16-6-9-29-24(16)18/h1-3,6,9,12-13,15,22,29H,4-5,7-8,10-11,14H2,(H,30,33,34). The number of aromatic amines is 1. The SMILES string of the molecule is O=C1CCC(N2Cc3cc(C4CCN(C(=O)c5cccc6cc[nH]c56)CC4)c(F)cc3C2=O)C(=O)N1. The molecule has 4 heterocycles. The minimum absolute atomic E-state index is 0.0404. The van der Waals surface area contributed by atoms with Crippen molar-refractivity contribution in [2.75, 3.05) is 13.1 Å². The lowest BCUT2D eigenvalue weighted by molar-refractivity contribution is -0.136. The van der Waals surface area contributed by atoms with Gasteiger partial charge in [-0.25, -0.2) is 4.39 Å². The van der Waals surface area contributed by atoms with E-state index in [1.54, 1.807) is 6.07 Å². The van der Waals surface area contributed by atoms with Crippen LogP contribution in [0.4, 0.5) is 4.39 Å². The number of para-hydroxylation sites is 1. The number of rotatable bonds is 3. The number of amides is 4. The highest BCUT2D eigenvalue weighted by molar-refractivity contribution is 6.06. The number of carbonyl (C=O) groups is 4. The van der Waals surface area contributed by atoms with Crippen molar-refractivity contribution in [1.29, 1.82) is 0 Å². The van der Waals surface area contributed by atoms with Gasteiger partial charge in [0.15, 0.2) is 0 Å². The molecule has 184 valence electrons. The second-order valence-corrected chi connectivity index (χ2v) is 9.74. The van der Waals surface area contributed by atoms with Gasteiger partial charge in [-0.05, 0) is 54.5 Å². The lowest BCUT2D eigenvalue weighted by Gasteiger charge is -2.32. The summed E-state index contributed by atoms with van der Waals surface area (Å²) in [5.41, 5.74) is 2.96. The number of imide groups is 1. The first-order valence-corrected chi connectivity index (χ1v) is 12.2. The van der Waals surface area contributed by atoms with Gasteiger partial charge in [-0.15, -0.1) is 0 Å². The van der Waals surface area contributed by atoms with Crippen molar-refractivity contribution >= 4 is 34.5 Å². The van der Waals surface area contributed by atoms with Gasteiger partial charge in [-0.2, -0.15) is 0 Å². The van der Waals surface area contributed by atoms with Crippen molar-refractivity contribution in [2.24, 2.45) is 0 Å². The van der Waals surface area contributed by atoms with E-state index < -0.39 is 17.8 Å². The molecule has 2 N–H and O–H groups in total. The molecule has 4 amide bonds. The van der Waals surface area contributed by atoms with Crippen LogP contribution >= 0.6 is 0 Å². The van der Waals surface area contributed by atoms with E-state index in [1.165, 1.54) is 11.0 Å². The smallest absolute Gasteiger partial charge is 0.255 e. The van der Waals surface area contributed by atoms with Crippen LogP contribution in [-0.2, 0) is 16.1 Å². The average Bonchev–Trinajstić information content (AvgIpc) is 3.48. The number of carbonyl (C=O) groups excluding carboxylic acids is 4. The average molecular weight is 489 g/mol. The highest BCUT2D eigenvalue weighted by atomic mass is 19.1. The summed E-state index contributed by atoms with van der Waals surface area (Å²) < 4.78 is 15.2. The predicted molar refractivity (Wildman–Crippen MR) is 129 cm³/mol. The molecule has 2 fully saturated rings. The Labute approximate surface area is 206 Å². The molecule has 0 radical (unpaired) electrons. The van der Waals surface area contributed by atoms with E-state index in [9.17, 15) is 19.2 Å². The zero-order chi connectivity index (χ0) is 25.0. The first-order valence-electron chi connectivity index (χ1n) is 12.2. The van der Waals surface area contributed by atoms with E-state index >= 15 is 4.39 Å². The van der Waals surface area contributed by atoms with Crippen LogP contribution in [0.15, 0.2) is 42.6 Å². The number of likely N-dealkylation sites (tertiary alicyclic amines) is 1. The van der Waals surface area contributed by atoms with Gasteiger partial charge in [0.1, 0.15) is 11.9 Å². The van der Waals surface area contributed by atoms with Crippen molar-refractivity contribution in [1.82, 2.24) is 20.1 Å². The molecule has 8 nitrogen and oxygen atoms in total. The van der Waals surface area contributed by atoms with Gasteiger partial charge in [0.2, 0.25) is 11.8 Å². The lowest BCUT2D eigenvalue weighted by Crippen LogP contribution is -2.52. The summed E-state index contributed by atoms with van der Waals surface area (Å²) in [5, 5.41) is 3.26. The fourth-order valence-corrected chi connectivity index (χ4v) is 5.75. The van der Waals surface area contributed by atoms with Crippen LogP contribution in [0.2, 0.25) is 0 Å². The topological polar surface area (TPSA) is 103 Å². The highest BCUT2D eigenvalue weighted by Gasteiger charge is 2.40. The number of H-pyrrole nitrogens is 1. The molecular weight excluding hydrogens is 463 g/mol. The molecule has 0 saturated carbocycles. The second kappa shape index (κ2) is 8.58. The second-order valence-electron chi connectivity index (χ2n) is 9.74. The normalized spacial score (nSPS) is 20.7. The molecule has 0 aliphatic carbocycles. The Morgan fingerprint density at radius 2 is 1.83 bits per heavy atom. The van der Waals surface area contributed by atoms with Crippen LogP contribution in [0.25, 0.3) is 10.9 Å². The van der Waals surface area contributed by atoms with Gasteiger partial charge in [0.05, 0.1) is 11.1 Å². The Morgan fingerprint density at radius 3 is 2.61 bits per heavy atom. The monoisotopic (exact) mass is 488 g/mol. The minimum atomic E-state index is -0.729. The molecule has 3 aliphatic heterocycles. The maximum Gasteiger partial charge on any atom is 0.255 e. The third-order valence-electron chi connectivity index (χ3n) is 7.68. The number of nitrogens with zero attached hydrogens (tertiary/aromatic N) is 2. The highest BCUT2D eigenvalue weighted by Crippen LogP contribution is 2.36. The van der Waals surface area contributed by atoms with Crippen LogP contribution in [0.1, 0.15) is 63.4 Å². The van der Waals surface area contributed by atoms with Gasteiger partial charge in [-0.1, -0.05) is 18.2 Å². The number of fused-ring (bicyclic) bond motifs is 2. The maximum atomic E-state index is 15.2. The van der Waals surface area contributed by atoms with Crippen LogP contribution in [0.5, 0.6) is 0 Å². The fourth-order valence-electron chi connectivity index (χ4n) is 5.75. The van der Waals surface area contributed by atoms with Crippen LogP contribution < -0.4 is 5.32 Å². The zero-order valence-electron chi connectivity index (χ0n) is 19.6. The van der Waals surface area contributed by atoms with Gasteiger partial charge in [0.25, 0.3) is 11.8 Å². The molecule has 1 atom stereocenters. The van der Waals surface area contributed by atoms with Crippen LogP contribution in [-0.4, -0.2) is 57.5 Å². The largest absolute Gasteiger partial charge is 0.361 e. The Kier molecular flexibility index (Phi) is 5.35. The van der Waals surface area contributed by atoms with E-state index in [2.05, 4.69) is 10.3 Å². The van der Waals surface area contributed by atoms with E-state index in [0.717, 1.165) is 10.9 Å². The lowest BCUT2D eigenvalue weighted by atomic mass is 9.87. The summed E-state index contributed by atoms with van der Waals surface area (Å²) in [4.78, 5) is 56.3. The number of aromatic nitrogens is 1. The number of hydrogen-bond acceptors (Lipinski definition) is 4. The quantitative estimate of drug-likeness (QED) is 0.553.